The summed E-state index contributed by atoms with van der Waals surface area (Å²) >= 11 is 0. The van der Waals surface area contributed by atoms with Gasteiger partial charge in [-0.3, -0.25) is 10.2 Å². The number of hydrogen-bond donors (Lipinski definition) is 3. The lowest BCUT2D eigenvalue weighted by atomic mass is 10.3. The van der Waals surface area contributed by atoms with Crippen LogP contribution < -0.4 is 5.32 Å². The Morgan fingerprint density at radius 2 is 1.74 bits per heavy atom. The summed E-state index contributed by atoms with van der Waals surface area (Å²) in [5, 5.41) is 20.2. The molecule has 19 heavy (non-hydrogen) atoms. The molecule has 0 saturated carbocycles. The molecule has 6 nitrogen and oxygen atoms in total. The summed E-state index contributed by atoms with van der Waals surface area (Å²) in [5.41, 5.74) is 0.676. The maximum Gasteiger partial charge on any atom is 0.411 e. The average Bonchev–Trinajstić information content (AvgIpc) is 2.40. The van der Waals surface area contributed by atoms with Gasteiger partial charge >= 0.3 is 6.09 Å². The second-order valence-corrected chi connectivity index (χ2v) is 3.92. The van der Waals surface area contributed by atoms with Crippen molar-refractivity contribution in [2.75, 3.05) is 44.8 Å². The van der Waals surface area contributed by atoms with Gasteiger partial charge in [0.2, 0.25) is 0 Å². The molecule has 1 aromatic rings. The number of aliphatic hydroxyl groups excluding tert-OH is 2. The van der Waals surface area contributed by atoms with Crippen molar-refractivity contribution < 1.29 is 19.7 Å². The number of ether oxygens (including phenoxy) is 1. The molecule has 0 aromatic heterocycles. The number of amides is 1. The summed E-state index contributed by atoms with van der Waals surface area (Å²) in [6.07, 6.45) is -0.515. The number of carbonyl (C=O) groups excluding carboxylic acids is 1. The third-order valence-electron chi connectivity index (χ3n) is 2.49. The molecule has 3 N–H and O–H groups in total. The van der Waals surface area contributed by atoms with Gasteiger partial charge in [0, 0.05) is 25.3 Å². The lowest BCUT2D eigenvalue weighted by molar-refractivity contribution is 0.117. The smallest absolute Gasteiger partial charge is 0.411 e. The van der Waals surface area contributed by atoms with Crippen LogP contribution in [0.3, 0.4) is 0 Å². The number of carbonyl (C=O) groups is 1. The van der Waals surface area contributed by atoms with Crippen molar-refractivity contribution in [3.8, 4) is 0 Å². The predicted molar refractivity (Wildman–Crippen MR) is 72.0 cm³/mol. The van der Waals surface area contributed by atoms with Crippen LogP contribution in [0.5, 0.6) is 0 Å². The molecule has 0 unspecified atom stereocenters. The number of anilines is 1. The van der Waals surface area contributed by atoms with Crippen molar-refractivity contribution in [1.29, 1.82) is 0 Å². The standard InChI is InChI=1S/C13H20N2O4/c16-9-6-15(7-10-17)8-11-19-13(18)14-12-4-2-1-3-5-12/h1-5,16-17H,6-11H2,(H,14,18). The molecule has 6 heteroatoms. The zero-order valence-electron chi connectivity index (χ0n) is 10.8. The Labute approximate surface area is 112 Å². The first kappa shape index (κ1) is 15.4. The van der Waals surface area contributed by atoms with E-state index in [9.17, 15) is 4.79 Å². The summed E-state index contributed by atoms with van der Waals surface area (Å²) in [7, 11) is 0. The molecule has 0 aliphatic rings. The van der Waals surface area contributed by atoms with Crippen LogP contribution in [0.2, 0.25) is 0 Å². The van der Waals surface area contributed by atoms with Crippen molar-refractivity contribution in [3.05, 3.63) is 30.3 Å². The van der Waals surface area contributed by atoms with E-state index in [4.69, 9.17) is 14.9 Å². The fourth-order valence-corrected chi connectivity index (χ4v) is 1.56. The normalized spacial score (nSPS) is 10.5. The zero-order chi connectivity index (χ0) is 13.9. The van der Waals surface area contributed by atoms with Crippen molar-refractivity contribution in [2.24, 2.45) is 0 Å². The molecule has 0 saturated heterocycles. The van der Waals surface area contributed by atoms with Gasteiger partial charge < -0.3 is 14.9 Å². The molecular weight excluding hydrogens is 248 g/mol. The highest BCUT2D eigenvalue weighted by Gasteiger charge is 2.06. The first-order chi connectivity index (χ1) is 9.26. The Morgan fingerprint density at radius 1 is 1.11 bits per heavy atom. The van der Waals surface area contributed by atoms with Crippen LogP contribution in [-0.2, 0) is 4.74 Å². The summed E-state index contributed by atoms with van der Waals surface area (Å²) in [6.45, 7) is 1.60. The summed E-state index contributed by atoms with van der Waals surface area (Å²) in [6, 6.07) is 9.04. The molecular formula is C13H20N2O4. The second-order valence-electron chi connectivity index (χ2n) is 3.92. The minimum atomic E-state index is -0.515. The minimum Gasteiger partial charge on any atom is -0.448 e. The molecule has 106 valence electrons. The van der Waals surface area contributed by atoms with Gasteiger partial charge in [0.05, 0.1) is 13.2 Å². The van der Waals surface area contributed by atoms with E-state index < -0.39 is 6.09 Å². The van der Waals surface area contributed by atoms with Crippen LogP contribution in [0.15, 0.2) is 30.3 Å². The van der Waals surface area contributed by atoms with E-state index in [0.29, 0.717) is 25.3 Å². The summed E-state index contributed by atoms with van der Waals surface area (Å²) in [4.78, 5) is 13.3. The van der Waals surface area contributed by atoms with Crippen LogP contribution in [0.4, 0.5) is 10.5 Å². The van der Waals surface area contributed by atoms with E-state index in [2.05, 4.69) is 5.32 Å². The number of para-hydroxylation sites is 1. The predicted octanol–water partition coefficient (Wildman–Crippen LogP) is 0.522. The maximum atomic E-state index is 11.5. The summed E-state index contributed by atoms with van der Waals surface area (Å²) in [5.74, 6) is 0. The Hall–Kier alpha value is -1.63. The van der Waals surface area contributed by atoms with Crippen LogP contribution in [-0.4, -0.2) is 60.7 Å². The number of nitrogens with zero attached hydrogens (tertiary/aromatic N) is 1. The highest BCUT2D eigenvalue weighted by molar-refractivity contribution is 5.84. The van der Waals surface area contributed by atoms with Gasteiger partial charge in [-0.2, -0.15) is 0 Å². The molecule has 0 fully saturated rings. The van der Waals surface area contributed by atoms with E-state index in [-0.39, 0.29) is 19.8 Å². The van der Waals surface area contributed by atoms with Crippen molar-refractivity contribution in [2.45, 2.75) is 0 Å². The first-order valence-electron chi connectivity index (χ1n) is 6.19. The molecule has 0 aliphatic heterocycles. The van der Waals surface area contributed by atoms with Gasteiger partial charge in [0.1, 0.15) is 6.61 Å². The quantitative estimate of drug-likeness (QED) is 0.640. The van der Waals surface area contributed by atoms with Crippen LogP contribution in [0, 0.1) is 0 Å². The maximum absolute atomic E-state index is 11.5. The topological polar surface area (TPSA) is 82.0 Å². The number of hydrogen-bond acceptors (Lipinski definition) is 5. The van der Waals surface area contributed by atoms with E-state index in [1.54, 1.807) is 12.1 Å². The van der Waals surface area contributed by atoms with Gasteiger partial charge in [-0.05, 0) is 12.1 Å². The van der Waals surface area contributed by atoms with E-state index in [1.165, 1.54) is 0 Å². The molecule has 1 amide bonds. The number of rotatable bonds is 8. The fourth-order valence-electron chi connectivity index (χ4n) is 1.56. The molecule has 0 atom stereocenters. The van der Waals surface area contributed by atoms with Gasteiger partial charge in [0.15, 0.2) is 0 Å². The molecule has 1 aromatic carbocycles. The highest BCUT2D eigenvalue weighted by atomic mass is 16.5. The van der Waals surface area contributed by atoms with Gasteiger partial charge in [-0.15, -0.1) is 0 Å². The number of nitrogens with one attached hydrogen (secondary N) is 1. The van der Waals surface area contributed by atoms with Crippen molar-refractivity contribution >= 4 is 11.8 Å². The number of aliphatic hydroxyl groups is 2. The Kier molecular flexibility index (Phi) is 7.57. The first-order valence-corrected chi connectivity index (χ1v) is 6.19. The molecule has 0 bridgehead atoms. The molecule has 0 aliphatic carbocycles. The lowest BCUT2D eigenvalue weighted by Crippen LogP contribution is -2.33. The van der Waals surface area contributed by atoms with Crippen molar-refractivity contribution in [3.63, 3.8) is 0 Å². The summed E-state index contributed by atoms with van der Waals surface area (Å²) < 4.78 is 5.01. The van der Waals surface area contributed by atoms with Gasteiger partial charge in [0.25, 0.3) is 0 Å². The molecule has 0 spiro atoms. The molecule has 1 rings (SSSR count). The Bertz CT molecular complexity index is 353. The zero-order valence-corrected chi connectivity index (χ0v) is 10.8. The van der Waals surface area contributed by atoms with E-state index in [1.807, 2.05) is 23.1 Å². The van der Waals surface area contributed by atoms with Crippen molar-refractivity contribution in [1.82, 2.24) is 4.90 Å². The number of benzene rings is 1. The third kappa shape index (κ3) is 6.76. The largest absolute Gasteiger partial charge is 0.448 e. The van der Waals surface area contributed by atoms with Gasteiger partial charge in [-0.25, -0.2) is 4.79 Å². The van der Waals surface area contributed by atoms with E-state index in [0.717, 1.165) is 0 Å². The Morgan fingerprint density at radius 3 is 2.32 bits per heavy atom. The minimum absolute atomic E-state index is 0.0101. The van der Waals surface area contributed by atoms with E-state index >= 15 is 0 Å². The van der Waals surface area contributed by atoms with Crippen LogP contribution in [0.25, 0.3) is 0 Å². The van der Waals surface area contributed by atoms with Crippen LogP contribution in [0.1, 0.15) is 0 Å². The monoisotopic (exact) mass is 268 g/mol. The SMILES string of the molecule is O=C(Nc1ccccc1)OCCN(CCO)CCO. The van der Waals surface area contributed by atoms with Gasteiger partial charge in [-0.1, -0.05) is 18.2 Å². The third-order valence-corrected chi connectivity index (χ3v) is 2.49. The average molecular weight is 268 g/mol. The highest BCUT2D eigenvalue weighted by Crippen LogP contribution is 2.05. The van der Waals surface area contributed by atoms with Crippen LogP contribution >= 0.6 is 0 Å². The fraction of sp³-hybridized carbons (Fsp3) is 0.462. The Balaban J connectivity index is 2.22. The molecule has 0 heterocycles. The molecule has 0 radical (unpaired) electrons. The second kappa shape index (κ2) is 9.32. The lowest BCUT2D eigenvalue weighted by Gasteiger charge is -2.19.